The molecule has 20 heavy (non-hydrogen) atoms. The second kappa shape index (κ2) is 13.5. The highest BCUT2D eigenvalue weighted by molar-refractivity contribution is 7.85. The highest BCUT2D eigenvalue weighted by Crippen LogP contribution is 1.87. The molecule has 0 spiro atoms. The molecule has 0 aromatic carbocycles. The average molecular weight is 312 g/mol. The zero-order valence-corrected chi connectivity index (χ0v) is 12.7. The molecule has 0 aliphatic carbocycles. The van der Waals surface area contributed by atoms with E-state index in [0.29, 0.717) is 46.2 Å². The van der Waals surface area contributed by atoms with Crippen LogP contribution in [0.2, 0.25) is 0 Å². The van der Waals surface area contributed by atoms with Crippen molar-refractivity contribution in [2.24, 2.45) is 0 Å². The van der Waals surface area contributed by atoms with Gasteiger partial charge in [0, 0.05) is 0 Å². The normalized spacial score (nSPS) is 11.7. The van der Waals surface area contributed by atoms with E-state index in [2.05, 4.69) is 10.8 Å². The van der Waals surface area contributed by atoms with E-state index in [-0.39, 0.29) is 13.2 Å². The quantitative estimate of drug-likeness (QED) is 0.243. The van der Waals surface area contributed by atoms with Gasteiger partial charge in [-0.3, -0.25) is 4.18 Å². The highest BCUT2D eigenvalue weighted by Gasteiger charge is 2.00. The van der Waals surface area contributed by atoms with Gasteiger partial charge in [0.05, 0.1) is 65.7 Å². The van der Waals surface area contributed by atoms with Crippen molar-refractivity contribution in [2.75, 3.05) is 65.7 Å². The van der Waals surface area contributed by atoms with Crippen molar-refractivity contribution in [1.82, 2.24) is 0 Å². The van der Waals surface area contributed by atoms with Crippen molar-refractivity contribution >= 4 is 10.1 Å². The summed E-state index contributed by atoms with van der Waals surface area (Å²) in [7, 11) is -3.38. The maximum atomic E-state index is 10.6. The van der Waals surface area contributed by atoms with E-state index in [1.165, 1.54) is 0 Å². The molecule has 0 heterocycles. The fourth-order valence-corrected chi connectivity index (χ4v) is 1.44. The minimum Gasteiger partial charge on any atom is -0.377 e. The fraction of sp³-hybridized carbons (Fsp3) is 0.833. The zero-order chi connectivity index (χ0) is 15.1. The molecule has 0 aromatic heterocycles. The molecule has 7 nitrogen and oxygen atoms in total. The van der Waals surface area contributed by atoms with E-state index in [0.717, 1.165) is 6.26 Å². The summed E-state index contributed by atoms with van der Waals surface area (Å²) in [6.45, 7) is 7.14. The Hall–Kier alpha value is -0.510. The van der Waals surface area contributed by atoms with Crippen LogP contribution in [0.5, 0.6) is 0 Å². The van der Waals surface area contributed by atoms with Crippen molar-refractivity contribution in [1.29, 1.82) is 0 Å². The molecular weight excluding hydrogens is 288 g/mol. The molecule has 0 atom stereocenters. The van der Waals surface area contributed by atoms with Gasteiger partial charge >= 0.3 is 0 Å². The zero-order valence-electron chi connectivity index (χ0n) is 11.9. The number of rotatable bonds is 15. The van der Waals surface area contributed by atoms with Crippen LogP contribution in [0.15, 0.2) is 12.7 Å². The topological polar surface area (TPSA) is 80.3 Å². The Morgan fingerprint density at radius 1 is 0.800 bits per heavy atom. The minimum absolute atomic E-state index is 0.0205. The van der Waals surface area contributed by atoms with Gasteiger partial charge in [0.25, 0.3) is 10.1 Å². The van der Waals surface area contributed by atoms with Crippen LogP contribution in [0, 0.1) is 0 Å². The smallest absolute Gasteiger partial charge is 0.264 e. The highest BCUT2D eigenvalue weighted by atomic mass is 32.2. The van der Waals surface area contributed by atoms with Crippen molar-refractivity contribution in [3.05, 3.63) is 12.7 Å². The number of hydrogen-bond acceptors (Lipinski definition) is 7. The predicted molar refractivity (Wildman–Crippen MR) is 74.3 cm³/mol. The Kier molecular flexibility index (Phi) is 13.1. The Balaban J connectivity index is 3.04. The van der Waals surface area contributed by atoms with Crippen LogP contribution < -0.4 is 0 Å². The van der Waals surface area contributed by atoms with Gasteiger partial charge in [0.15, 0.2) is 0 Å². The molecule has 8 heteroatoms. The van der Waals surface area contributed by atoms with Crippen molar-refractivity contribution in [3.8, 4) is 0 Å². The van der Waals surface area contributed by atoms with E-state index in [1.807, 2.05) is 0 Å². The first-order valence-corrected chi connectivity index (χ1v) is 8.14. The summed E-state index contributed by atoms with van der Waals surface area (Å²) >= 11 is 0. The molecule has 0 N–H and O–H groups in total. The Bertz CT molecular complexity index is 316. The number of hydrogen-bond donors (Lipinski definition) is 0. The average Bonchev–Trinajstić information content (AvgIpc) is 2.38. The van der Waals surface area contributed by atoms with E-state index in [4.69, 9.17) is 18.9 Å². The molecule has 0 amide bonds. The summed E-state index contributed by atoms with van der Waals surface area (Å²) in [5.74, 6) is 0. The van der Waals surface area contributed by atoms with Crippen LogP contribution in [0.25, 0.3) is 0 Å². The molecular formula is C12H24O7S. The summed E-state index contributed by atoms with van der Waals surface area (Å²) in [6.07, 6.45) is 2.68. The van der Waals surface area contributed by atoms with Crippen LogP contribution in [-0.4, -0.2) is 74.1 Å². The van der Waals surface area contributed by atoms with Crippen molar-refractivity contribution in [2.45, 2.75) is 0 Å². The molecule has 0 bridgehead atoms. The molecule has 0 aliphatic heterocycles. The van der Waals surface area contributed by atoms with Crippen LogP contribution in [-0.2, 0) is 33.2 Å². The molecule has 0 rings (SSSR count). The fourth-order valence-electron chi connectivity index (χ4n) is 1.07. The lowest BCUT2D eigenvalue weighted by Gasteiger charge is -2.07. The standard InChI is InChI=1S/C12H24O7S/c1-3-4-15-5-6-16-7-8-17-9-10-18-11-12-19-20(2,13)14/h3H,1,4-12H2,2H3. The van der Waals surface area contributed by atoms with Gasteiger partial charge in [0.1, 0.15) is 0 Å². The first-order chi connectivity index (χ1) is 9.56. The Morgan fingerprint density at radius 2 is 1.20 bits per heavy atom. The van der Waals surface area contributed by atoms with E-state index in [1.54, 1.807) is 6.08 Å². The summed E-state index contributed by atoms with van der Waals surface area (Å²) in [4.78, 5) is 0. The first-order valence-electron chi connectivity index (χ1n) is 6.32. The third-order valence-electron chi connectivity index (χ3n) is 1.88. The molecule has 0 aromatic rings. The Morgan fingerprint density at radius 3 is 1.60 bits per heavy atom. The monoisotopic (exact) mass is 312 g/mol. The van der Waals surface area contributed by atoms with Crippen LogP contribution in [0.3, 0.4) is 0 Å². The molecule has 0 saturated heterocycles. The molecule has 0 aliphatic rings. The van der Waals surface area contributed by atoms with Gasteiger partial charge in [-0.05, 0) is 0 Å². The van der Waals surface area contributed by atoms with Gasteiger partial charge < -0.3 is 18.9 Å². The van der Waals surface area contributed by atoms with E-state index in [9.17, 15) is 8.42 Å². The number of ether oxygens (including phenoxy) is 4. The van der Waals surface area contributed by atoms with Gasteiger partial charge in [-0.1, -0.05) is 6.08 Å². The van der Waals surface area contributed by atoms with Crippen molar-refractivity contribution in [3.63, 3.8) is 0 Å². The lowest BCUT2D eigenvalue weighted by Crippen LogP contribution is -2.14. The predicted octanol–water partition coefficient (Wildman–Crippen LogP) is 0.215. The van der Waals surface area contributed by atoms with E-state index < -0.39 is 10.1 Å². The van der Waals surface area contributed by atoms with Gasteiger partial charge in [-0.2, -0.15) is 8.42 Å². The van der Waals surface area contributed by atoms with Crippen LogP contribution >= 0.6 is 0 Å². The lowest BCUT2D eigenvalue weighted by molar-refractivity contribution is -0.00197. The Labute approximate surface area is 120 Å². The largest absolute Gasteiger partial charge is 0.377 e. The minimum atomic E-state index is -3.38. The molecule has 120 valence electrons. The summed E-state index contributed by atoms with van der Waals surface area (Å²) < 4.78 is 46.5. The third kappa shape index (κ3) is 17.5. The SMILES string of the molecule is C=CCOCCOCCOCCOCCOS(C)(=O)=O. The van der Waals surface area contributed by atoms with Gasteiger partial charge in [-0.25, -0.2) is 0 Å². The van der Waals surface area contributed by atoms with Gasteiger partial charge in [0.2, 0.25) is 0 Å². The third-order valence-corrected chi connectivity index (χ3v) is 2.47. The summed E-state index contributed by atoms with van der Waals surface area (Å²) in [6, 6.07) is 0. The summed E-state index contributed by atoms with van der Waals surface area (Å²) in [5, 5.41) is 0. The molecule has 0 fully saturated rings. The molecule has 0 saturated carbocycles. The maximum Gasteiger partial charge on any atom is 0.264 e. The van der Waals surface area contributed by atoms with Gasteiger partial charge in [-0.15, -0.1) is 6.58 Å². The molecule has 0 radical (unpaired) electrons. The van der Waals surface area contributed by atoms with E-state index >= 15 is 0 Å². The first kappa shape index (κ1) is 19.5. The molecule has 0 unspecified atom stereocenters. The summed E-state index contributed by atoms with van der Waals surface area (Å²) in [5.41, 5.74) is 0. The van der Waals surface area contributed by atoms with Crippen LogP contribution in [0.1, 0.15) is 0 Å². The lowest BCUT2D eigenvalue weighted by atomic mass is 10.6. The van der Waals surface area contributed by atoms with Crippen molar-refractivity contribution < 1.29 is 31.5 Å². The second-order valence-corrected chi connectivity index (χ2v) is 5.37. The second-order valence-electron chi connectivity index (χ2n) is 3.73. The van der Waals surface area contributed by atoms with Crippen LogP contribution in [0.4, 0.5) is 0 Å². The maximum absolute atomic E-state index is 10.6.